The van der Waals surface area contributed by atoms with Crippen LogP contribution in [0.15, 0.2) is 42.6 Å². The summed E-state index contributed by atoms with van der Waals surface area (Å²) in [4.78, 5) is 9.84. The van der Waals surface area contributed by atoms with E-state index in [1.54, 1.807) is 0 Å². The molecule has 2 saturated heterocycles. The molecule has 0 N–H and O–H groups in total. The quantitative estimate of drug-likeness (QED) is 0.834. The van der Waals surface area contributed by atoms with Gasteiger partial charge in [0.2, 0.25) is 0 Å². The summed E-state index contributed by atoms with van der Waals surface area (Å²) < 4.78 is 5.47. The molecule has 0 bridgehead atoms. The smallest absolute Gasteiger partial charge is 0.131 e. The maximum absolute atomic E-state index is 5.47. The van der Waals surface area contributed by atoms with Gasteiger partial charge in [-0.2, -0.15) is 0 Å². The minimum atomic E-state index is 0.480. The minimum Gasteiger partial charge on any atom is -0.378 e. The van der Waals surface area contributed by atoms with Crippen LogP contribution in [0.2, 0.25) is 0 Å². The molecular weight excluding hydrogens is 322 g/mol. The van der Waals surface area contributed by atoms with Crippen molar-refractivity contribution < 1.29 is 4.74 Å². The number of hydrogen-bond acceptors (Lipinski definition) is 4. The van der Waals surface area contributed by atoms with Gasteiger partial charge in [-0.25, -0.2) is 4.98 Å². The first-order chi connectivity index (χ1) is 12.8. The zero-order valence-corrected chi connectivity index (χ0v) is 15.7. The molecule has 1 atom stereocenters. The maximum atomic E-state index is 5.47. The van der Waals surface area contributed by atoms with Gasteiger partial charge in [0.15, 0.2) is 0 Å². The fraction of sp³-hybridized carbons (Fsp3) is 0.500. The Morgan fingerprint density at radius 2 is 1.88 bits per heavy atom. The average Bonchev–Trinajstić information content (AvgIpc) is 2.70. The van der Waals surface area contributed by atoms with E-state index in [1.165, 1.54) is 42.5 Å². The molecule has 4 rings (SSSR count). The predicted octanol–water partition coefficient (Wildman–Crippen LogP) is 3.95. The first-order valence-electron chi connectivity index (χ1n) is 9.88. The van der Waals surface area contributed by atoms with E-state index in [0.29, 0.717) is 6.04 Å². The van der Waals surface area contributed by atoms with Crippen LogP contribution in [0, 0.1) is 6.92 Å². The first kappa shape index (κ1) is 17.5. The molecule has 1 aromatic carbocycles. The van der Waals surface area contributed by atoms with Crippen molar-refractivity contribution in [2.24, 2.45) is 0 Å². The van der Waals surface area contributed by atoms with E-state index < -0.39 is 0 Å². The number of pyridine rings is 1. The lowest BCUT2D eigenvalue weighted by atomic mass is 9.95. The van der Waals surface area contributed by atoms with Gasteiger partial charge in [0.05, 0.1) is 13.2 Å². The number of piperidine rings is 1. The van der Waals surface area contributed by atoms with Crippen LogP contribution >= 0.6 is 0 Å². The van der Waals surface area contributed by atoms with Crippen molar-refractivity contribution in [3.63, 3.8) is 0 Å². The number of aryl methyl sites for hydroxylation is 1. The van der Waals surface area contributed by atoms with Gasteiger partial charge in [-0.1, -0.05) is 36.8 Å². The molecule has 0 saturated carbocycles. The molecule has 1 unspecified atom stereocenters. The normalized spacial score (nSPS) is 21.7. The standard InChI is InChI=1S/C22H29N3O/c1-18-15-20(16-23-22(18)24-11-13-26-14-12-24)21-9-5-6-10-25(21)17-19-7-3-2-4-8-19/h2-4,7-8,15-16,21H,5-6,9-14,17H2,1H3. The van der Waals surface area contributed by atoms with E-state index in [2.05, 4.69) is 59.3 Å². The molecule has 0 aliphatic carbocycles. The molecule has 4 nitrogen and oxygen atoms in total. The lowest BCUT2D eigenvalue weighted by Gasteiger charge is -2.36. The zero-order chi connectivity index (χ0) is 17.8. The molecule has 3 heterocycles. The van der Waals surface area contributed by atoms with Crippen molar-refractivity contribution in [3.05, 3.63) is 59.3 Å². The summed E-state index contributed by atoms with van der Waals surface area (Å²) in [5.41, 5.74) is 4.05. The summed E-state index contributed by atoms with van der Waals surface area (Å²) in [5.74, 6) is 1.13. The fourth-order valence-electron chi connectivity index (χ4n) is 4.25. The van der Waals surface area contributed by atoms with E-state index in [1.807, 2.05) is 0 Å². The van der Waals surface area contributed by atoms with Crippen LogP contribution in [0.4, 0.5) is 5.82 Å². The van der Waals surface area contributed by atoms with Gasteiger partial charge in [0.1, 0.15) is 5.82 Å². The predicted molar refractivity (Wildman–Crippen MR) is 105 cm³/mol. The SMILES string of the molecule is Cc1cc(C2CCCCN2Cc2ccccc2)cnc1N1CCOCC1. The molecular formula is C22H29N3O. The van der Waals surface area contributed by atoms with Gasteiger partial charge in [0.25, 0.3) is 0 Å². The fourth-order valence-corrected chi connectivity index (χ4v) is 4.25. The van der Waals surface area contributed by atoms with Crippen LogP contribution in [-0.4, -0.2) is 42.7 Å². The number of nitrogens with zero attached hydrogens (tertiary/aromatic N) is 3. The highest BCUT2D eigenvalue weighted by molar-refractivity contribution is 5.48. The second-order valence-corrected chi connectivity index (χ2v) is 7.48. The van der Waals surface area contributed by atoms with E-state index in [4.69, 9.17) is 9.72 Å². The number of rotatable bonds is 4. The Morgan fingerprint density at radius 1 is 1.08 bits per heavy atom. The molecule has 138 valence electrons. The number of likely N-dealkylation sites (tertiary alicyclic amines) is 1. The molecule has 2 aromatic rings. The van der Waals surface area contributed by atoms with Crippen LogP contribution in [0.1, 0.15) is 42.0 Å². The van der Waals surface area contributed by atoms with Crippen LogP contribution in [0.3, 0.4) is 0 Å². The van der Waals surface area contributed by atoms with Crippen molar-refractivity contribution in [1.82, 2.24) is 9.88 Å². The lowest BCUT2D eigenvalue weighted by molar-refractivity contribution is 0.122. The van der Waals surface area contributed by atoms with Crippen LogP contribution in [-0.2, 0) is 11.3 Å². The Hall–Kier alpha value is -1.91. The highest BCUT2D eigenvalue weighted by atomic mass is 16.5. The number of hydrogen-bond donors (Lipinski definition) is 0. The van der Waals surface area contributed by atoms with E-state index in [-0.39, 0.29) is 0 Å². The Morgan fingerprint density at radius 3 is 2.65 bits per heavy atom. The molecule has 26 heavy (non-hydrogen) atoms. The molecule has 2 aliphatic rings. The number of ether oxygens (including phenoxy) is 1. The van der Waals surface area contributed by atoms with Gasteiger partial charge < -0.3 is 9.64 Å². The highest BCUT2D eigenvalue weighted by Gasteiger charge is 2.25. The third kappa shape index (κ3) is 3.92. The second-order valence-electron chi connectivity index (χ2n) is 7.48. The largest absolute Gasteiger partial charge is 0.378 e. The van der Waals surface area contributed by atoms with E-state index >= 15 is 0 Å². The number of aromatic nitrogens is 1. The summed E-state index contributed by atoms with van der Waals surface area (Å²) >= 11 is 0. The van der Waals surface area contributed by atoms with E-state index in [0.717, 1.165) is 38.7 Å². The zero-order valence-electron chi connectivity index (χ0n) is 15.7. The molecule has 2 aliphatic heterocycles. The molecule has 4 heteroatoms. The van der Waals surface area contributed by atoms with Gasteiger partial charge in [0, 0.05) is 31.9 Å². The Bertz CT molecular complexity index is 713. The third-order valence-electron chi connectivity index (χ3n) is 5.61. The highest BCUT2D eigenvalue weighted by Crippen LogP contribution is 2.33. The van der Waals surface area contributed by atoms with Crippen LogP contribution < -0.4 is 4.90 Å². The first-order valence-corrected chi connectivity index (χ1v) is 9.88. The van der Waals surface area contributed by atoms with Gasteiger partial charge in [-0.05, 0) is 49.1 Å². The van der Waals surface area contributed by atoms with Gasteiger partial charge in [-0.15, -0.1) is 0 Å². The Labute approximate surface area is 156 Å². The summed E-state index contributed by atoms with van der Waals surface area (Å²) in [6, 6.07) is 13.7. The minimum absolute atomic E-state index is 0.480. The van der Waals surface area contributed by atoms with Crippen LogP contribution in [0.5, 0.6) is 0 Å². The molecule has 2 fully saturated rings. The summed E-state index contributed by atoms with van der Waals surface area (Å²) in [6.45, 7) is 7.88. The Kier molecular flexibility index (Phi) is 5.51. The average molecular weight is 351 g/mol. The Balaban J connectivity index is 1.53. The van der Waals surface area contributed by atoms with Crippen molar-refractivity contribution in [2.45, 2.75) is 38.8 Å². The van der Waals surface area contributed by atoms with Crippen LogP contribution in [0.25, 0.3) is 0 Å². The second kappa shape index (κ2) is 8.19. The van der Waals surface area contributed by atoms with Crippen molar-refractivity contribution in [3.8, 4) is 0 Å². The van der Waals surface area contributed by atoms with Crippen molar-refractivity contribution in [1.29, 1.82) is 0 Å². The summed E-state index contributed by atoms with van der Waals surface area (Å²) in [6.07, 6.45) is 5.94. The summed E-state index contributed by atoms with van der Waals surface area (Å²) in [7, 11) is 0. The number of anilines is 1. The molecule has 0 spiro atoms. The van der Waals surface area contributed by atoms with Crippen molar-refractivity contribution in [2.75, 3.05) is 37.7 Å². The molecule has 0 radical (unpaired) electrons. The maximum Gasteiger partial charge on any atom is 0.131 e. The topological polar surface area (TPSA) is 28.6 Å². The third-order valence-corrected chi connectivity index (χ3v) is 5.61. The number of benzene rings is 1. The van der Waals surface area contributed by atoms with Crippen molar-refractivity contribution >= 4 is 5.82 Å². The van der Waals surface area contributed by atoms with Gasteiger partial charge in [-0.3, -0.25) is 4.90 Å². The van der Waals surface area contributed by atoms with E-state index in [9.17, 15) is 0 Å². The molecule has 1 aromatic heterocycles. The molecule has 0 amide bonds. The van der Waals surface area contributed by atoms with Gasteiger partial charge >= 0.3 is 0 Å². The summed E-state index contributed by atoms with van der Waals surface area (Å²) in [5, 5.41) is 0. The monoisotopic (exact) mass is 351 g/mol. The lowest BCUT2D eigenvalue weighted by Crippen LogP contribution is -2.37. The number of morpholine rings is 1.